The Hall–Kier alpha value is -7.17. The molecule has 0 amide bonds. The summed E-state index contributed by atoms with van der Waals surface area (Å²) in [7, 11) is 0. The summed E-state index contributed by atoms with van der Waals surface area (Å²) in [6.07, 6.45) is 0. The van der Waals surface area contributed by atoms with Crippen molar-refractivity contribution in [3.05, 3.63) is 211 Å². The first-order valence-corrected chi connectivity index (χ1v) is 18.9. The van der Waals surface area contributed by atoms with Gasteiger partial charge in [-0.15, -0.1) is 0 Å². The molecule has 55 heavy (non-hydrogen) atoms. The Labute approximate surface area is 320 Å². The maximum Gasteiger partial charge on any atom is 0.164 e. The van der Waals surface area contributed by atoms with Gasteiger partial charge in [0.2, 0.25) is 0 Å². The predicted molar refractivity (Wildman–Crippen MR) is 224 cm³/mol. The molecule has 0 fully saturated rings. The van der Waals surface area contributed by atoms with Gasteiger partial charge in [0.15, 0.2) is 17.5 Å². The predicted octanol–water partition coefficient (Wildman–Crippen LogP) is 12.7. The monoisotopic (exact) mass is 702 g/mol. The van der Waals surface area contributed by atoms with Crippen LogP contribution in [0, 0.1) is 0 Å². The van der Waals surface area contributed by atoms with E-state index in [1.165, 1.54) is 44.6 Å². The molecule has 1 aliphatic heterocycles. The standard InChI is InChI=1S/C51H34N4/c1-4-17-33(18-5-1)48-47-42-28-15-13-25-38(42)36-23-10-11-24-37(36)41-29-16-30-45(46(41)47)55(48)44-32-31-43(39-26-12-14-27-40(39)44)51-53-49(34-19-6-2-7-20-34)52-50(54-51)35-21-8-3-9-22-35/h1-32,47-48H. The third-order valence-electron chi connectivity index (χ3n) is 11.3. The molecule has 2 atom stereocenters. The molecule has 4 nitrogen and oxygen atoms in total. The number of fused-ring (bicyclic) bond motifs is 6. The number of anilines is 2. The lowest BCUT2D eigenvalue weighted by Gasteiger charge is -2.33. The molecule has 1 aromatic heterocycles. The van der Waals surface area contributed by atoms with Gasteiger partial charge >= 0.3 is 0 Å². The highest BCUT2D eigenvalue weighted by molar-refractivity contribution is 6.06. The minimum absolute atomic E-state index is 0.00797. The van der Waals surface area contributed by atoms with Gasteiger partial charge in [-0.2, -0.15) is 0 Å². The molecule has 0 spiro atoms. The Morgan fingerprint density at radius 2 is 0.873 bits per heavy atom. The highest BCUT2D eigenvalue weighted by Gasteiger charge is 2.45. The minimum Gasteiger partial charge on any atom is -0.332 e. The molecule has 1 aliphatic carbocycles. The molecule has 0 radical (unpaired) electrons. The maximum absolute atomic E-state index is 5.14. The van der Waals surface area contributed by atoms with Gasteiger partial charge in [0, 0.05) is 39.4 Å². The maximum atomic E-state index is 5.14. The van der Waals surface area contributed by atoms with Crippen LogP contribution in [0.5, 0.6) is 0 Å². The zero-order valence-electron chi connectivity index (χ0n) is 29.9. The van der Waals surface area contributed by atoms with Gasteiger partial charge in [-0.3, -0.25) is 0 Å². The minimum atomic E-state index is 0.00797. The Morgan fingerprint density at radius 3 is 1.56 bits per heavy atom. The molecule has 258 valence electrons. The second-order valence-electron chi connectivity index (χ2n) is 14.3. The Bertz CT molecular complexity index is 2830. The highest BCUT2D eigenvalue weighted by Crippen LogP contribution is 2.61. The second-order valence-corrected chi connectivity index (χ2v) is 14.3. The van der Waals surface area contributed by atoms with E-state index < -0.39 is 0 Å². The molecule has 0 bridgehead atoms. The van der Waals surface area contributed by atoms with Crippen molar-refractivity contribution in [1.82, 2.24) is 15.0 Å². The molecule has 4 heteroatoms. The molecule has 0 saturated heterocycles. The largest absolute Gasteiger partial charge is 0.332 e. The lowest BCUT2D eigenvalue weighted by Crippen LogP contribution is -2.23. The van der Waals surface area contributed by atoms with Gasteiger partial charge in [0.05, 0.1) is 6.04 Å². The number of hydrogen-bond acceptors (Lipinski definition) is 4. The Morgan fingerprint density at radius 1 is 0.345 bits per heavy atom. The molecule has 0 N–H and O–H groups in total. The van der Waals surface area contributed by atoms with E-state index in [0.717, 1.165) is 33.2 Å². The number of hydrogen-bond donors (Lipinski definition) is 0. The average molecular weight is 703 g/mol. The highest BCUT2D eigenvalue weighted by atomic mass is 15.2. The fraction of sp³-hybridized carbons (Fsp3) is 0.0392. The quantitative estimate of drug-likeness (QED) is 0.179. The van der Waals surface area contributed by atoms with Crippen molar-refractivity contribution < 1.29 is 0 Å². The van der Waals surface area contributed by atoms with Crippen LogP contribution >= 0.6 is 0 Å². The molecular weight excluding hydrogens is 669 g/mol. The van der Waals surface area contributed by atoms with Gasteiger partial charge < -0.3 is 4.90 Å². The molecule has 0 saturated carbocycles. The lowest BCUT2D eigenvalue weighted by molar-refractivity contribution is 0.661. The third kappa shape index (κ3) is 5.03. The summed E-state index contributed by atoms with van der Waals surface area (Å²) in [5.74, 6) is 2.05. The fourth-order valence-electron chi connectivity index (χ4n) is 8.96. The van der Waals surface area contributed by atoms with Crippen molar-refractivity contribution in [2.45, 2.75) is 12.0 Å². The summed E-state index contributed by atoms with van der Waals surface area (Å²) in [5, 5.41) is 2.24. The van der Waals surface area contributed by atoms with Crippen LogP contribution in [0.25, 0.3) is 67.2 Å². The normalized spacial score (nSPS) is 15.2. The summed E-state index contributed by atoms with van der Waals surface area (Å²) in [5.41, 5.74) is 14.4. The first-order valence-electron chi connectivity index (χ1n) is 18.9. The SMILES string of the molecule is c1ccc(-c2nc(-c3ccccc3)nc(-c3ccc(N4c5cccc6c5C(c5ccccc5-c5ccccc5-6)C4c4ccccc4)c4ccccc34)n2)cc1. The molecule has 2 aliphatic rings. The first kappa shape index (κ1) is 31.4. The molecule has 2 unspecified atom stereocenters. The zero-order valence-corrected chi connectivity index (χ0v) is 29.9. The van der Waals surface area contributed by atoms with E-state index in [9.17, 15) is 0 Å². The van der Waals surface area contributed by atoms with Crippen LogP contribution in [0.4, 0.5) is 11.4 Å². The van der Waals surface area contributed by atoms with Crippen molar-refractivity contribution in [3.8, 4) is 56.4 Å². The van der Waals surface area contributed by atoms with E-state index in [-0.39, 0.29) is 12.0 Å². The summed E-state index contributed by atoms with van der Waals surface area (Å²) in [6.45, 7) is 0. The van der Waals surface area contributed by atoms with E-state index in [4.69, 9.17) is 15.0 Å². The topological polar surface area (TPSA) is 41.9 Å². The summed E-state index contributed by atoms with van der Waals surface area (Å²) in [4.78, 5) is 17.9. The second kappa shape index (κ2) is 12.8. The van der Waals surface area contributed by atoms with Crippen LogP contribution in [-0.4, -0.2) is 15.0 Å². The van der Waals surface area contributed by atoms with E-state index in [2.05, 4.69) is 163 Å². The first-order chi connectivity index (χ1) is 27.3. The van der Waals surface area contributed by atoms with Crippen molar-refractivity contribution in [3.63, 3.8) is 0 Å². The van der Waals surface area contributed by atoms with E-state index in [0.29, 0.717) is 17.5 Å². The number of nitrogens with zero attached hydrogens (tertiary/aromatic N) is 4. The lowest BCUT2D eigenvalue weighted by atomic mass is 9.81. The summed E-state index contributed by atoms with van der Waals surface area (Å²) >= 11 is 0. The Kier molecular flexibility index (Phi) is 7.27. The van der Waals surface area contributed by atoms with Crippen LogP contribution < -0.4 is 4.90 Å². The number of benzene rings is 8. The summed E-state index contributed by atoms with van der Waals surface area (Å²) < 4.78 is 0. The zero-order chi connectivity index (χ0) is 36.3. The van der Waals surface area contributed by atoms with Crippen molar-refractivity contribution in [1.29, 1.82) is 0 Å². The van der Waals surface area contributed by atoms with Gasteiger partial charge in [0.25, 0.3) is 0 Å². The van der Waals surface area contributed by atoms with Gasteiger partial charge in [0.1, 0.15) is 0 Å². The van der Waals surface area contributed by atoms with Crippen LogP contribution in [-0.2, 0) is 0 Å². The molecule has 9 aromatic rings. The van der Waals surface area contributed by atoms with E-state index in [1.807, 2.05) is 36.4 Å². The molecule has 2 heterocycles. The average Bonchev–Trinajstić information content (AvgIpc) is 3.55. The third-order valence-corrected chi connectivity index (χ3v) is 11.3. The van der Waals surface area contributed by atoms with Crippen LogP contribution in [0.2, 0.25) is 0 Å². The van der Waals surface area contributed by atoms with Crippen LogP contribution in [0.15, 0.2) is 194 Å². The molecular formula is C51H34N4. The van der Waals surface area contributed by atoms with Crippen molar-refractivity contribution >= 4 is 22.1 Å². The van der Waals surface area contributed by atoms with E-state index >= 15 is 0 Å². The van der Waals surface area contributed by atoms with Gasteiger partial charge in [-0.25, -0.2) is 15.0 Å². The number of rotatable bonds is 5. The van der Waals surface area contributed by atoms with Crippen LogP contribution in [0.3, 0.4) is 0 Å². The van der Waals surface area contributed by atoms with Crippen molar-refractivity contribution in [2.24, 2.45) is 0 Å². The van der Waals surface area contributed by atoms with Gasteiger partial charge in [-0.05, 0) is 62.5 Å². The fourth-order valence-corrected chi connectivity index (χ4v) is 8.96. The van der Waals surface area contributed by atoms with Gasteiger partial charge in [-0.1, -0.05) is 176 Å². The molecule has 11 rings (SSSR count). The Balaban J connectivity index is 1.16. The number of aromatic nitrogens is 3. The molecule has 8 aromatic carbocycles. The van der Waals surface area contributed by atoms with E-state index in [1.54, 1.807) is 0 Å². The van der Waals surface area contributed by atoms with Crippen molar-refractivity contribution in [2.75, 3.05) is 4.90 Å². The smallest absolute Gasteiger partial charge is 0.164 e. The van der Waals surface area contributed by atoms with Crippen LogP contribution in [0.1, 0.15) is 28.7 Å². The summed E-state index contributed by atoms with van der Waals surface area (Å²) in [6, 6.07) is 69.4.